The third-order valence-corrected chi connectivity index (χ3v) is 7.49. The Balaban J connectivity index is 1.37. The molecule has 2 aliphatic heterocycles. The van der Waals surface area contributed by atoms with E-state index in [0.29, 0.717) is 19.6 Å². The number of likely N-dealkylation sites (tertiary alicyclic amines) is 1. The predicted molar refractivity (Wildman–Crippen MR) is 133 cm³/mol. The number of carbonyl (C=O) groups excluding carboxylic acids is 2. The molecule has 2 amide bonds. The summed E-state index contributed by atoms with van der Waals surface area (Å²) in [5.74, 6) is 0.133. The van der Waals surface area contributed by atoms with Gasteiger partial charge in [-0.05, 0) is 67.2 Å². The molecule has 1 N–H and O–H groups in total. The molecule has 0 radical (unpaired) electrons. The number of phenols is 1. The zero-order valence-electron chi connectivity index (χ0n) is 20.1. The van der Waals surface area contributed by atoms with Crippen molar-refractivity contribution in [3.63, 3.8) is 0 Å². The van der Waals surface area contributed by atoms with Crippen molar-refractivity contribution in [2.24, 2.45) is 17.8 Å². The molecule has 0 bridgehead atoms. The molecule has 0 aromatic heterocycles. The van der Waals surface area contributed by atoms with Crippen molar-refractivity contribution in [1.82, 2.24) is 4.90 Å². The number of para-hydroxylation sites is 1. The first kappa shape index (κ1) is 23.4. The first-order chi connectivity index (χ1) is 16.9. The highest BCUT2D eigenvalue weighted by Gasteiger charge is 2.56. The first-order valence-corrected chi connectivity index (χ1v) is 12.2. The van der Waals surface area contributed by atoms with Crippen LogP contribution < -0.4 is 4.74 Å². The van der Waals surface area contributed by atoms with E-state index in [1.165, 1.54) is 10.5 Å². The summed E-state index contributed by atoms with van der Waals surface area (Å²) < 4.78 is 12.4. The molecule has 2 aromatic rings. The van der Waals surface area contributed by atoms with E-state index >= 15 is 0 Å². The number of ether oxygens (including phenoxy) is 2. The maximum Gasteiger partial charge on any atom is 0.233 e. The second-order valence-corrected chi connectivity index (χ2v) is 9.78. The van der Waals surface area contributed by atoms with Gasteiger partial charge in [-0.25, -0.2) is 0 Å². The summed E-state index contributed by atoms with van der Waals surface area (Å²) in [5.41, 5.74) is 4.52. The fraction of sp³-hybridized carbons (Fsp3) is 0.379. The Labute approximate surface area is 205 Å². The topological polar surface area (TPSA) is 76.1 Å². The zero-order chi connectivity index (χ0) is 24.5. The molecule has 3 aliphatic rings. The summed E-state index contributed by atoms with van der Waals surface area (Å²) >= 11 is 0. The molecule has 6 nitrogen and oxygen atoms in total. The fourth-order valence-corrected chi connectivity index (χ4v) is 5.74. The lowest BCUT2D eigenvalue weighted by Crippen LogP contribution is -2.35. The molecular formula is C29H31NO5. The van der Waals surface area contributed by atoms with Gasteiger partial charge in [0.1, 0.15) is 18.1 Å². The van der Waals surface area contributed by atoms with Gasteiger partial charge in [0, 0.05) is 13.0 Å². The number of phenolic OH excluding ortho intramolecular Hbond substituents is 1. The highest BCUT2D eigenvalue weighted by atomic mass is 16.5. The first-order valence-electron chi connectivity index (χ1n) is 12.2. The summed E-state index contributed by atoms with van der Waals surface area (Å²) in [5, 5.41) is 9.50. The highest BCUT2D eigenvalue weighted by molar-refractivity contribution is 6.05. The molecule has 2 aromatic carbocycles. The molecule has 0 spiro atoms. The molecule has 2 heterocycles. The van der Waals surface area contributed by atoms with Gasteiger partial charge in [0.05, 0.1) is 24.5 Å². The molecule has 6 heteroatoms. The quantitative estimate of drug-likeness (QED) is 0.470. The van der Waals surface area contributed by atoms with Gasteiger partial charge in [0.2, 0.25) is 11.8 Å². The van der Waals surface area contributed by atoms with Crippen molar-refractivity contribution in [2.75, 3.05) is 20.3 Å². The van der Waals surface area contributed by atoms with Gasteiger partial charge in [-0.1, -0.05) is 42.0 Å². The van der Waals surface area contributed by atoms with Crippen molar-refractivity contribution in [1.29, 1.82) is 0 Å². The van der Waals surface area contributed by atoms with Gasteiger partial charge in [0.25, 0.3) is 0 Å². The number of aromatic hydroxyl groups is 1. The third kappa shape index (κ3) is 4.63. The molecule has 5 rings (SSSR count). The Bertz CT molecular complexity index is 1170. The van der Waals surface area contributed by atoms with Gasteiger partial charge in [-0.3, -0.25) is 14.5 Å². The van der Waals surface area contributed by atoms with E-state index in [1.807, 2.05) is 42.5 Å². The number of carbonyl (C=O) groups is 2. The van der Waals surface area contributed by atoms with Gasteiger partial charge in [-0.2, -0.15) is 0 Å². The number of imide groups is 1. The number of fused-ring (bicyclic) bond motifs is 3. The minimum atomic E-state index is -0.332. The molecule has 0 unspecified atom stereocenters. The second-order valence-electron chi connectivity index (χ2n) is 9.78. The SMILES string of the molecule is C/C(=C\c1ccc(O)cc1)CC[C@H]1OC[C@H]2C1=C(COc1ccccc1)C[C@H]1C(=O)N(C)C(=O)[C@H]12. The average molecular weight is 474 g/mol. The number of nitrogens with zero attached hydrogens (tertiary/aromatic N) is 1. The van der Waals surface area contributed by atoms with E-state index in [-0.39, 0.29) is 41.4 Å². The van der Waals surface area contributed by atoms with E-state index in [1.54, 1.807) is 19.2 Å². The predicted octanol–water partition coefficient (Wildman–Crippen LogP) is 4.60. The molecule has 2 fully saturated rings. The lowest BCUT2D eigenvalue weighted by molar-refractivity contribution is -0.138. The van der Waals surface area contributed by atoms with E-state index in [9.17, 15) is 14.7 Å². The van der Waals surface area contributed by atoms with Crippen LogP contribution in [0.25, 0.3) is 6.08 Å². The van der Waals surface area contributed by atoms with Crippen LogP contribution in [0, 0.1) is 17.8 Å². The van der Waals surface area contributed by atoms with Crippen LogP contribution in [0.15, 0.2) is 71.3 Å². The molecule has 4 atom stereocenters. The Morgan fingerprint density at radius 2 is 1.83 bits per heavy atom. The van der Waals surface area contributed by atoms with Crippen molar-refractivity contribution >= 4 is 17.9 Å². The minimum Gasteiger partial charge on any atom is -0.508 e. The summed E-state index contributed by atoms with van der Waals surface area (Å²) in [4.78, 5) is 27.1. The fourth-order valence-electron chi connectivity index (χ4n) is 5.74. The van der Waals surface area contributed by atoms with Crippen LogP contribution >= 0.6 is 0 Å². The van der Waals surface area contributed by atoms with Crippen LogP contribution in [0.5, 0.6) is 11.5 Å². The van der Waals surface area contributed by atoms with Crippen molar-refractivity contribution < 1.29 is 24.2 Å². The van der Waals surface area contributed by atoms with Crippen LogP contribution in [0.2, 0.25) is 0 Å². The van der Waals surface area contributed by atoms with Crippen molar-refractivity contribution in [2.45, 2.75) is 32.3 Å². The van der Waals surface area contributed by atoms with Crippen LogP contribution in [-0.2, 0) is 14.3 Å². The molecule has 35 heavy (non-hydrogen) atoms. The largest absolute Gasteiger partial charge is 0.508 e. The molecule has 182 valence electrons. The van der Waals surface area contributed by atoms with Gasteiger partial charge in [-0.15, -0.1) is 0 Å². The van der Waals surface area contributed by atoms with Gasteiger partial charge >= 0.3 is 0 Å². The van der Waals surface area contributed by atoms with Crippen molar-refractivity contribution in [3.05, 3.63) is 76.9 Å². The summed E-state index contributed by atoms with van der Waals surface area (Å²) in [6, 6.07) is 16.8. The van der Waals surface area contributed by atoms with Crippen LogP contribution in [-0.4, -0.2) is 48.2 Å². The van der Waals surface area contributed by atoms with E-state index in [4.69, 9.17) is 9.47 Å². The molecule has 2 saturated heterocycles. The van der Waals surface area contributed by atoms with Gasteiger partial charge < -0.3 is 14.6 Å². The maximum atomic E-state index is 12.9. The molecule has 0 saturated carbocycles. The number of benzene rings is 2. The number of hydrogen-bond acceptors (Lipinski definition) is 5. The lowest BCUT2D eigenvalue weighted by Gasteiger charge is -2.31. The highest BCUT2D eigenvalue weighted by Crippen LogP contribution is 2.49. The molecule has 1 aliphatic carbocycles. The third-order valence-electron chi connectivity index (χ3n) is 7.49. The van der Waals surface area contributed by atoms with Crippen LogP contribution in [0.1, 0.15) is 31.7 Å². The van der Waals surface area contributed by atoms with E-state index in [2.05, 4.69) is 13.0 Å². The Morgan fingerprint density at radius 1 is 1.09 bits per heavy atom. The maximum absolute atomic E-state index is 12.9. The zero-order valence-corrected chi connectivity index (χ0v) is 20.1. The number of rotatable bonds is 7. The average Bonchev–Trinajstić information content (AvgIpc) is 3.38. The monoisotopic (exact) mass is 473 g/mol. The minimum absolute atomic E-state index is 0.0732. The van der Waals surface area contributed by atoms with Gasteiger partial charge in [0.15, 0.2) is 0 Å². The summed E-state index contributed by atoms with van der Waals surface area (Å²) in [6.45, 7) is 2.95. The second kappa shape index (κ2) is 9.70. The number of amides is 2. The van der Waals surface area contributed by atoms with E-state index in [0.717, 1.165) is 35.3 Å². The number of allylic oxidation sites excluding steroid dienone is 1. The Morgan fingerprint density at radius 3 is 2.57 bits per heavy atom. The Hall–Kier alpha value is -3.38. The normalized spacial score (nSPS) is 26.2. The summed E-state index contributed by atoms with van der Waals surface area (Å²) in [7, 11) is 1.59. The van der Waals surface area contributed by atoms with E-state index < -0.39 is 0 Å². The summed E-state index contributed by atoms with van der Waals surface area (Å²) in [6.07, 6.45) is 4.21. The van der Waals surface area contributed by atoms with Crippen LogP contribution in [0.3, 0.4) is 0 Å². The van der Waals surface area contributed by atoms with Crippen molar-refractivity contribution in [3.8, 4) is 11.5 Å². The number of hydrogen-bond donors (Lipinski definition) is 1. The molecular weight excluding hydrogens is 442 g/mol. The Kier molecular flexibility index (Phi) is 6.48. The standard InChI is InChI=1S/C29H31NO5/c1-18(14-19-9-11-21(31)12-10-19)8-13-25-26-20(16-34-22-6-4-3-5-7-22)15-23-27(24(26)17-35-25)29(33)30(2)28(23)32/h3-7,9-12,14,23-25,27,31H,8,13,15-17H2,1-2H3/b18-14+/t23-,24+,25-,27-/m1/s1. The smallest absolute Gasteiger partial charge is 0.233 e. The van der Waals surface area contributed by atoms with Crippen LogP contribution in [0.4, 0.5) is 0 Å². The lowest BCUT2D eigenvalue weighted by atomic mass is 9.69.